The van der Waals surface area contributed by atoms with Crippen molar-refractivity contribution >= 4 is 28.1 Å². The molecule has 0 aromatic heterocycles. The van der Waals surface area contributed by atoms with Gasteiger partial charge in [-0.15, -0.1) is 0 Å². The summed E-state index contributed by atoms with van der Waals surface area (Å²) in [7, 11) is -1.06. The van der Waals surface area contributed by atoms with Crippen molar-refractivity contribution in [1.82, 2.24) is 0 Å². The molecule has 1 atom stereocenters. The number of nitrogens with one attached hydrogen (secondary N) is 1. The van der Waals surface area contributed by atoms with Crippen molar-refractivity contribution in [3.8, 4) is 0 Å². The highest BCUT2D eigenvalue weighted by Gasteiger charge is 2.11. The third-order valence-corrected chi connectivity index (χ3v) is 4.84. The summed E-state index contributed by atoms with van der Waals surface area (Å²) >= 11 is 5.84. The Morgan fingerprint density at radius 1 is 1.05 bits per heavy atom. The van der Waals surface area contributed by atoms with E-state index in [9.17, 15) is 4.21 Å². The molecule has 106 valence electrons. The van der Waals surface area contributed by atoms with Gasteiger partial charge in [0.2, 0.25) is 0 Å². The molecule has 20 heavy (non-hydrogen) atoms. The summed E-state index contributed by atoms with van der Waals surface area (Å²) < 4.78 is 12.5. The van der Waals surface area contributed by atoms with Gasteiger partial charge >= 0.3 is 0 Å². The predicted molar refractivity (Wildman–Crippen MR) is 87.0 cm³/mol. The molecular formula is C16H18ClNOS. The molecule has 2 aromatic rings. The fourth-order valence-corrected chi connectivity index (χ4v) is 3.72. The van der Waals surface area contributed by atoms with E-state index in [1.807, 2.05) is 38.1 Å². The third kappa shape index (κ3) is 3.62. The average Bonchev–Trinajstić information content (AvgIpc) is 2.37. The second-order valence-electron chi connectivity index (χ2n) is 4.90. The van der Waals surface area contributed by atoms with Crippen LogP contribution >= 0.6 is 11.6 Å². The molecule has 0 aliphatic heterocycles. The monoisotopic (exact) mass is 307 g/mol. The minimum absolute atomic E-state index is 0.395. The van der Waals surface area contributed by atoms with Gasteiger partial charge in [0.05, 0.1) is 16.7 Å². The first-order valence-electron chi connectivity index (χ1n) is 6.43. The molecule has 0 bridgehead atoms. The molecule has 0 fully saturated rings. The van der Waals surface area contributed by atoms with E-state index in [2.05, 4.69) is 24.4 Å². The largest absolute Gasteiger partial charge is 0.373 e. The molecule has 0 spiro atoms. The molecule has 4 heteroatoms. The maximum Gasteiger partial charge on any atom is 0.0958 e. The molecule has 0 heterocycles. The first kappa shape index (κ1) is 15.1. The second kappa shape index (κ2) is 6.42. The maximum atomic E-state index is 12.5. The highest BCUT2D eigenvalue weighted by Crippen LogP contribution is 2.21. The zero-order valence-corrected chi connectivity index (χ0v) is 13.4. The smallest absolute Gasteiger partial charge is 0.0958 e. The van der Waals surface area contributed by atoms with Crippen LogP contribution in [0.1, 0.15) is 16.7 Å². The van der Waals surface area contributed by atoms with Crippen LogP contribution in [0.15, 0.2) is 41.3 Å². The summed E-state index contributed by atoms with van der Waals surface area (Å²) in [5.41, 5.74) is 4.29. The zero-order valence-electron chi connectivity index (χ0n) is 11.9. The first-order valence-corrected chi connectivity index (χ1v) is 8.12. The standard InChI is InChI=1S/C16H18ClNOS/c1-11-8-12(2)16(13(3)9-11)20(19)10-18-15-6-4-14(17)5-7-15/h4-9,18H,10H2,1-3H3. The Morgan fingerprint density at radius 3 is 2.15 bits per heavy atom. The van der Waals surface area contributed by atoms with E-state index in [0.29, 0.717) is 10.9 Å². The predicted octanol–water partition coefficient (Wildman–Crippen LogP) is 4.44. The molecule has 0 amide bonds. The van der Waals surface area contributed by atoms with Crippen molar-refractivity contribution in [3.63, 3.8) is 0 Å². The van der Waals surface area contributed by atoms with E-state index in [0.717, 1.165) is 21.7 Å². The van der Waals surface area contributed by atoms with Gasteiger partial charge in [-0.2, -0.15) is 0 Å². The summed E-state index contributed by atoms with van der Waals surface area (Å²) in [6, 6.07) is 11.5. The van der Waals surface area contributed by atoms with Gasteiger partial charge in [0, 0.05) is 15.6 Å². The highest BCUT2D eigenvalue weighted by atomic mass is 35.5. The average molecular weight is 308 g/mol. The third-order valence-electron chi connectivity index (χ3n) is 3.08. The summed E-state index contributed by atoms with van der Waals surface area (Å²) in [4.78, 5) is 0.928. The summed E-state index contributed by atoms with van der Waals surface area (Å²) in [5.74, 6) is 0.395. The van der Waals surface area contributed by atoms with Gasteiger partial charge in [0.15, 0.2) is 0 Å². The number of rotatable bonds is 4. The van der Waals surface area contributed by atoms with Crippen LogP contribution in [0.2, 0.25) is 5.02 Å². The van der Waals surface area contributed by atoms with E-state index in [1.54, 1.807) is 0 Å². The quantitative estimate of drug-likeness (QED) is 0.904. The van der Waals surface area contributed by atoms with Crippen LogP contribution in [-0.2, 0) is 10.8 Å². The Bertz CT molecular complexity index is 614. The molecule has 2 rings (SSSR count). The zero-order chi connectivity index (χ0) is 14.7. The topological polar surface area (TPSA) is 29.1 Å². The highest BCUT2D eigenvalue weighted by molar-refractivity contribution is 7.85. The van der Waals surface area contributed by atoms with Crippen LogP contribution < -0.4 is 5.32 Å². The number of halogens is 1. The van der Waals surface area contributed by atoms with Gasteiger partial charge in [-0.25, -0.2) is 0 Å². The van der Waals surface area contributed by atoms with E-state index in [-0.39, 0.29) is 0 Å². The lowest BCUT2D eigenvalue weighted by Crippen LogP contribution is -2.11. The first-order chi connectivity index (χ1) is 9.47. The Kier molecular flexibility index (Phi) is 4.84. The summed E-state index contributed by atoms with van der Waals surface area (Å²) in [6.45, 7) is 6.07. The van der Waals surface area contributed by atoms with Crippen molar-refractivity contribution in [1.29, 1.82) is 0 Å². The lowest BCUT2D eigenvalue weighted by atomic mass is 10.1. The van der Waals surface area contributed by atoms with Crippen molar-refractivity contribution < 1.29 is 4.21 Å². The molecule has 1 unspecified atom stereocenters. The minimum Gasteiger partial charge on any atom is -0.373 e. The van der Waals surface area contributed by atoms with Crippen LogP contribution in [0.4, 0.5) is 5.69 Å². The molecule has 0 aliphatic rings. The molecule has 0 saturated carbocycles. The minimum atomic E-state index is -1.06. The molecule has 0 radical (unpaired) electrons. The number of benzene rings is 2. The Hall–Kier alpha value is -1.32. The van der Waals surface area contributed by atoms with E-state index < -0.39 is 10.8 Å². The Balaban J connectivity index is 2.11. The van der Waals surface area contributed by atoms with Crippen LogP contribution in [0.3, 0.4) is 0 Å². The van der Waals surface area contributed by atoms with Crippen molar-refractivity contribution in [2.75, 3.05) is 11.2 Å². The van der Waals surface area contributed by atoms with Gasteiger partial charge in [-0.3, -0.25) is 4.21 Å². The van der Waals surface area contributed by atoms with Crippen LogP contribution in [0, 0.1) is 20.8 Å². The van der Waals surface area contributed by atoms with Crippen LogP contribution in [-0.4, -0.2) is 10.1 Å². The molecule has 0 saturated heterocycles. The van der Waals surface area contributed by atoms with Crippen molar-refractivity contribution in [2.24, 2.45) is 0 Å². The van der Waals surface area contributed by atoms with Gasteiger partial charge in [0.25, 0.3) is 0 Å². The van der Waals surface area contributed by atoms with Gasteiger partial charge in [-0.05, 0) is 56.2 Å². The molecule has 1 N–H and O–H groups in total. The number of hydrogen-bond acceptors (Lipinski definition) is 2. The molecule has 2 nitrogen and oxygen atoms in total. The van der Waals surface area contributed by atoms with Gasteiger partial charge < -0.3 is 5.32 Å². The number of anilines is 1. The van der Waals surface area contributed by atoms with Gasteiger partial charge in [-0.1, -0.05) is 29.3 Å². The molecule has 0 aliphatic carbocycles. The fraction of sp³-hybridized carbons (Fsp3) is 0.250. The van der Waals surface area contributed by atoms with Crippen molar-refractivity contribution in [3.05, 3.63) is 58.1 Å². The van der Waals surface area contributed by atoms with E-state index in [1.165, 1.54) is 5.56 Å². The number of aryl methyl sites for hydroxylation is 3. The summed E-state index contributed by atoms with van der Waals surface area (Å²) in [6.07, 6.45) is 0. The summed E-state index contributed by atoms with van der Waals surface area (Å²) in [5, 5.41) is 3.88. The van der Waals surface area contributed by atoms with Crippen molar-refractivity contribution in [2.45, 2.75) is 25.7 Å². The fourth-order valence-electron chi connectivity index (χ4n) is 2.31. The molecule has 2 aromatic carbocycles. The van der Waals surface area contributed by atoms with E-state index in [4.69, 9.17) is 11.6 Å². The lowest BCUT2D eigenvalue weighted by Gasteiger charge is -2.12. The normalized spacial score (nSPS) is 12.2. The lowest BCUT2D eigenvalue weighted by molar-refractivity contribution is 0.683. The van der Waals surface area contributed by atoms with E-state index >= 15 is 0 Å². The number of hydrogen-bond donors (Lipinski definition) is 1. The molecular weight excluding hydrogens is 290 g/mol. The Labute approximate surface area is 127 Å². The van der Waals surface area contributed by atoms with Crippen LogP contribution in [0.5, 0.6) is 0 Å². The van der Waals surface area contributed by atoms with Crippen LogP contribution in [0.25, 0.3) is 0 Å². The Morgan fingerprint density at radius 2 is 1.60 bits per heavy atom. The van der Waals surface area contributed by atoms with Gasteiger partial charge in [0.1, 0.15) is 0 Å². The maximum absolute atomic E-state index is 12.5. The second-order valence-corrected chi connectivity index (χ2v) is 6.73. The SMILES string of the molecule is Cc1cc(C)c(S(=O)CNc2ccc(Cl)cc2)c(C)c1.